The third-order valence-electron chi connectivity index (χ3n) is 3.98. The monoisotopic (exact) mass is 257 g/mol. The predicted octanol–water partition coefficient (Wildman–Crippen LogP) is 1.65. The van der Waals surface area contributed by atoms with Crippen LogP contribution in [0.4, 0.5) is 0 Å². The van der Waals surface area contributed by atoms with Crippen LogP contribution in [0.2, 0.25) is 0 Å². The molecule has 1 unspecified atom stereocenters. The molecular weight excluding hydrogens is 230 g/mol. The van der Waals surface area contributed by atoms with Gasteiger partial charge in [0.2, 0.25) is 0 Å². The zero-order valence-electron chi connectivity index (χ0n) is 11.9. The van der Waals surface area contributed by atoms with Gasteiger partial charge < -0.3 is 15.7 Å². The second-order valence-corrected chi connectivity index (χ2v) is 5.49. The van der Waals surface area contributed by atoms with Gasteiger partial charge in [-0.2, -0.15) is 0 Å². The molecule has 106 valence electrons. The van der Waals surface area contributed by atoms with Gasteiger partial charge in [-0.05, 0) is 31.6 Å². The average Bonchev–Trinajstić information content (AvgIpc) is 3.13. The summed E-state index contributed by atoms with van der Waals surface area (Å²) in [6, 6.07) is 0.546. The van der Waals surface area contributed by atoms with Crippen molar-refractivity contribution < 1.29 is 9.94 Å². The van der Waals surface area contributed by atoms with Crippen molar-refractivity contribution in [3.63, 3.8) is 0 Å². The smallest absolute Gasteiger partial charge is 0.139 e. The minimum Gasteiger partial charge on any atom is -0.409 e. The van der Waals surface area contributed by atoms with Gasteiger partial charge in [0.1, 0.15) is 5.84 Å². The van der Waals surface area contributed by atoms with Crippen LogP contribution in [0.25, 0.3) is 0 Å². The van der Waals surface area contributed by atoms with Gasteiger partial charge in [0.25, 0.3) is 0 Å². The highest BCUT2D eigenvalue weighted by molar-refractivity contribution is 5.80. The summed E-state index contributed by atoms with van der Waals surface area (Å²) in [6.07, 6.45) is 4.17. The maximum atomic E-state index is 8.69. The third-order valence-corrected chi connectivity index (χ3v) is 3.98. The first-order chi connectivity index (χ1) is 8.56. The lowest BCUT2D eigenvalue weighted by atomic mass is 10.00. The molecular formula is C13H27N3O2. The number of methoxy groups -OCH3 is 1. The number of hydrogen-bond donors (Lipinski definition) is 2. The fourth-order valence-electron chi connectivity index (χ4n) is 2.34. The van der Waals surface area contributed by atoms with Crippen LogP contribution >= 0.6 is 0 Å². The highest BCUT2D eigenvalue weighted by atomic mass is 16.5. The van der Waals surface area contributed by atoms with E-state index in [-0.39, 0.29) is 5.41 Å². The van der Waals surface area contributed by atoms with E-state index in [9.17, 15) is 0 Å². The van der Waals surface area contributed by atoms with Gasteiger partial charge in [-0.3, -0.25) is 4.90 Å². The second kappa shape index (κ2) is 6.95. The molecule has 0 saturated heterocycles. The summed E-state index contributed by atoms with van der Waals surface area (Å²) in [5.74, 6) is 0.350. The average molecular weight is 257 g/mol. The molecule has 0 heterocycles. The zero-order valence-corrected chi connectivity index (χ0v) is 11.9. The van der Waals surface area contributed by atoms with E-state index in [0.29, 0.717) is 18.3 Å². The highest BCUT2D eigenvalue weighted by Crippen LogP contribution is 2.49. The number of nitrogens with zero attached hydrogens (tertiary/aromatic N) is 2. The summed E-state index contributed by atoms with van der Waals surface area (Å²) in [5.41, 5.74) is 5.87. The van der Waals surface area contributed by atoms with Gasteiger partial charge >= 0.3 is 0 Å². The maximum absolute atomic E-state index is 8.69. The number of amidine groups is 1. The Morgan fingerprint density at radius 3 is 2.67 bits per heavy atom. The molecule has 0 spiro atoms. The van der Waals surface area contributed by atoms with E-state index >= 15 is 0 Å². The van der Waals surface area contributed by atoms with Crippen molar-refractivity contribution in [2.45, 2.75) is 45.6 Å². The van der Waals surface area contributed by atoms with Crippen LogP contribution in [-0.4, -0.2) is 48.8 Å². The fraction of sp³-hybridized carbons (Fsp3) is 0.923. The van der Waals surface area contributed by atoms with E-state index in [4.69, 9.17) is 15.7 Å². The van der Waals surface area contributed by atoms with Crippen LogP contribution in [-0.2, 0) is 4.74 Å². The number of nitrogens with two attached hydrogens (primary N) is 1. The van der Waals surface area contributed by atoms with E-state index in [0.717, 1.165) is 26.1 Å². The minimum absolute atomic E-state index is 0.230. The molecule has 1 aliphatic carbocycles. The first kappa shape index (κ1) is 15.2. The summed E-state index contributed by atoms with van der Waals surface area (Å²) < 4.78 is 5.17. The Bertz CT molecular complexity index is 277. The van der Waals surface area contributed by atoms with E-state index < -0.39 is 0 Å². The molecule has 5 nitrogen and oxygen atoms in total. The highest BCUT2D eigenvalue weighted by Gasteiger charge is 2.44. The van der Waals surface area contributed by atoms with Gasteiger partial charge in [-0.15, -0.1) is 0 Å². The van der Waals surface area contributed by atoms with Crippen molar-refractivity contribution in [3.05, 3.63) is 0 Å². The molecule has 3 N–H and O–H groups in total. The second-order valence-electron chi connectivity index (χ2n) is 5.49. The van der Waals surface area contributed by atoms with Gasteiger partial charge in [0.15, 0.2) is 0 Å². The van der Waals surface area contributed by atoms with Crippen LogP contribution in [0, 0.1) is 5.41 Å². The Hall–Kier alpha value is -0.810. The van der Waals surface area contributed by atoms with Crippen molar-refractivity contribution in [1.82, 2.24) is 4.90 Å². The number of ether oxygens (including phenoxy) is 1. The van der Waals surface area contributed by atoms with Gasteiger partial charge in [0.05, 0.1) is 6.61 Å². The molecule has 5 heteroatoms. The molecule has 0 radical (unpaired) electrons. The Balaban J connectivity index is 2.54. The van der Waals surface area contributed by atoms with E-state index in [1.54, 1.807) is 7.11 Å². The topological polar surface area (TPSA) is 71.1 Å². The standard InChI is InChI=1S/C13H27N3O2/c1-4-11(2)16(7-8-18-3)10-13(5-6-13)9-12(14)15-17/h11,17H,4-10H2,1-3H3,(H2,14,15). The first-order valence-corrected chi connectivity index (χ1v) is 6.76. The van der Waals surface area contributed by atoms with Crippen LogP contribution in [0.3, 0.4) is 0 Å². The van der Waals surface area contributed by atoms with Crippen LogP contribution < -0.4 is 5.73 Å². The Morgan fingerprint density at radius 1 is 1.56 bits per heavy atom. The number of hydrogen-bond acceptors (Lipinski definition) is 4. The molecule has 1 fully saturated rings. The molecule has 1 atom stereocenters. The van der Waals surface area contributed by atoms with Crippen molar-refractivity contribution in [2.75, 3.05) is 26.8 Å². The lowest BCUT2D eigenvalue weighted by molar-refractivity contribution is 0.106. The third kappa shape index (κ3) is 4.46. The largest absolute Gasteiger partial charge is 0.409 e. The molecule has 1 saturated carbocycles. The zero-order chi connectivity index (χ0) is 13.6. The van der Waals surface area contributed by atoms with Crippen molar-refractivity contribution >= 4 is 5.84 Å². The number of rotatable bonds is 9. The Morgan fingerprint density at radius 2 is 2.22 bits per heavy atom. The summed E-state index contributed by atoms with van der Waals surface area (Å²) >= 11 is 0. The molecule has 0 aliphatic heterocycles. The molecule has 0 aromatic rings. The lowest BCUT2D eigenvalue weighted by Crippen LogP contribution is -2.40. The quantitative estimate of drug-likeness (QED) is 0.285. The Labute approximate surface area is 110 Å². The molecule has 0 bridgehead atoms. The SMILES string of the molecule is CCC(C)N(CCOC)CC1(CC(N)=NO)CC1. The van der Waals surface area contributed by atoms with Crippen LogP contribution in [0.1, 0.15) is 39.5 Å². The molecule has 1 rings (SSSR count). The molecule has 0 amide bonds. The maximum Gasteiger partial charge on any atom is 0.139 e. The van der Waals surface area contributed by atoms with Crippen molar-refractivity contribution in [3.8, 4) is 0 Å². The summed E-state index contributed by atoms with van der Waals surface area (Å²) in [6.45, 7) is 7.16. The van der Waals surface area contributed by atoms with E-state index in [1.165, 1.54) is 12.8 Å². The number of oxime groups is 1. The fourth-order valence-corrected chi connectivity index (χ4v) is 2.34. The van der Waals surface area contributed by atoms with E-state index in [2.05, 4.69) is 23.9 Å². The minimum atomic E-state index is 0.230. The lowest BCUT2D eigenvalue weighted by Gasteiger charge is -2.32. The van der Waals surface area contributed by atoms with Gasteiger partial charge in [0, 0.05) is 32.7 Å². The normalized spacial score (nSPS) is 20.1. The first-order valence-electron chi connectivity index (χ1n) is 6.76. The van der Waals surface area contributed by atoms with Crippen LogP contribution in [0.5, 0.6) is 0 Å². The molecule has 0 aromatic heterocycles. The Kier molecular flexibility index (Phi) is 5.88. The van der Waals surface area contributed by atoms with Crippen molar-refractivity contribution in [2.24, 2.45) is 16.3 Å². The van der Waals surface area contributed by atoms with E-state index in [1.807, 2.05) is 0 Å². The summed E-state index contributed by atoms with van der Waals surface area (Å²) in [4.78, 5) is 2.46. The van der Waals surface area contributed by atoms with Crippen molar-refractivity contribution in [1.29, 1.82) is 0 Å². The molecule has 0 aromatic carbocycles. The molecule has 1 aliphatic rings. The van der Waals surface area contributed by atoms with Crippen LogP contribution in [0.15, 0.2) is 5.16 Å². The summed E-state index contributed by atoms with van der Waals surface area (Å²) in [5, 5.41) is 11.8. The predicted molar refractivity (Wildman–Crippen MR) is 72.9 cm³/mol. The van der Waals surface area contributed by atoms with Gasteiger partial charge in [-0.25, -0.2) is 0 Å². The summed E-state index contributed by atoms with van der Waals surface area (Å²) in [7, 11) is 1.73. The molecule has 18 heavy (non-hydrogen) atoms. The van der Waals surface area contributed by atoms with Gasteiger partial charge in [-0.1, -0.05) is 12.1 Å².